The molecular formula is C14H23N3S. The molecule has 1 aliphatic heterocycles. The van der Waals surface area contributed by atoms with Gasteiger partial charge in [-0.3, -0.25) is 0 Å². The van der Waals surface area contributed by atoms with E-state index in [0.717, 1.165) is 36.3 Å². The van der Waals surface area contributed by atoms with Gasteiger partial charge in [0, 0.05) is 36.3 Å². The van der Waals surface area contributed by atoms with Crippen molar-refractivity contribution in [3.05, 3.63) is 23.4 Å². The fourth-order valence-corrected chi connectivity index (χ4v) is 3.45. The van der Waals surface area contributed by atoms with E-state index in [9.17, 15) is 0 Å². The maximum atomic E-state index is 5.77. The molecule has 0 aliphatic carbocycles. The van der Waals surface area contributed by atoms with Crippen LogP contribution >= 0.6 is 11.8 Å². The third-order valence-corrected chi connectivity index (χ3v) is 4.81. The van der Waals surface area contributed by atoms with Crippen LogP contribution in [-0.2, 0) is 13.0 Å². The number of nitrogens with zero attached hydrogens (tertiary/aromatic N) is 2. The van der Waals surface area contributed by atoms with Crippen LogP contribution in [0.4, 0.5) is 5.82 Å². The fourth-order valence-electron chi connectivity index (χ4n) is 2.27. The fraction of sp³-hybridized carbons (Fsp3) is 0.643. The van der Waals surface area contributed by atoms with Crippen LogP contribution < -0.4 is 10.6 Å². The van der Waals surface area contributed by atoms with Crippen LogP contribution in [0.3, 0.4) is 0 Å². The van der Waals surface area contributed by atoms with Gasteiger partial charge in [0.2, 0.25) is 0 Å². The summed E-state index contributed by atoms with van der Waals surface area (Å²) in [5, 5.41) is 0.743. The van der Waals surface area contributed by atoms with Gasteiger partial charge in [0.25, 0.3) is 0 Å². The predicted molar refractivity (Wildman–Crippen MR) is 80.3 cm³/mol. The van der Waals surface area contributed by atoms with E-state index >= 15 is 0 Å². The number of hydrogen-bond donors (Lipinski definition) is 1. The molecule has 0 radical (unpaired) electrons. The van der Waals surface area contributed by atoms with E-state index in [-0.39, 0.29) is 0 Å². The van der Waals surface area contributed by atoms with Crippen molar-refractivity contribution in [1.29, 1.82) is 0 Å². The number of hydrogen-bond acceptors (Lipinski definition) is 4. The smallest absolute Gasteiger partial charge is 0.129 e. The highest BCUT2D eigenvalue weighted by Crippen LogP contribution is 2.25. The number of thioether (sulfide) groups is 1. The molecule has 1 aromatic rings. The lowest BCUT2D eigenvalue weighted by atomic mass is 10.2. The molecule has 0 aromatic carbocycles. The Hall–Kier alpha value is -0.740. The van der Waals surface area contributed by atoms with Crippen LogP contribution in [0, 0.1) is 0 Å². The zero-order valence-corrected chi connectivity index (χ0v) is 12.2. The molecule has 4 heteroatoms. The number of pyridine rings is 1. The molecule has 0 amide bonds. The lowest BCUT2D eigenvalue weighted by molar-refractivity contribution is 0.717. The average Bonchev–Trinajstić information content (AvgIpc) is 2.46. The first-order chi connectivity index (χ1) is 8.76. The highest BCUT2D eigenvalue weighted by Gasteiger charge is 2.20. The van der Waals surface area contributed by atoms with Crippen molar-refractivity contribution < 1.29 is 0 Å². The van der Waals surface area contributed by atoms with Gasteiger partial charge in [0.15, 0.2) is 0 Å². The summed E-state index contributed by atoms with van der Waals surface area (Å²) in [7, 11) is 0. The van der Waals surface area contributed by atoms with E-state index in [1.54, 1.807) is 0 Å². The summed E-state index contributed by atoms with van der Waals surface area (Å²) in [6, 6.07) is 4.28. The van der Waals surface area contributed by atoms with Crippen molar-refractivity contribution in [3.63, 3.8) is 0 Å². The molecule has 2 rings (SSSR count). The molecule has 2 heterocycles. The first kappa shape index (κ1) is 13.7. The third-order valence-electron chi connectivity index (χ3n) is 3.44. The first-order valence-electron chi connectivity index (χ1n) is 6.83. The Morgan fingerprint density at radius 2 is 2.28 bits per heavy atom. The van der Waals surface area contributed by atoms with E-state index in [1.807, 2.05) is 0 Å². The summed E-state index contributed by atoms with van der Waals surface area (Å²) >= 11 is 2.09. The minimum atomic E-state index is 0.600. The van der Waals surface area contributed by atoms with Crippen LogP contribution in [0.5, 0.6) is 0 Å². The van der Waals surface area contributed by atoms with Crippen LogP contribution in [0.1, 0.15) is 31.5 Å². The average molecular weight is 265 g/mol. The zero-order chi connectivity index (χ0) is 13.0. The Morgan fingerprint density at radius 1 is 1.44 bits per heavy atom. The minimum Gasteiger partial charge on any atom is -0.355 e. The lowest BCUT2D eigenvalue weighted by Gasteiger charge is -2.33. The Balaban J connectivity index is 2.20. The van der Waals surface area contributed by atoms with Crippen LogP contribution in [0.2, 0.25) is 0 Å². The van der Waals surface area contributed by atoms with Gasteiger partial charge in [-0.1, -0.05) is 13.8 Å². The monoisotopic (exact) mass is 265 g/mol. The SMILES string of the molecule is CCc1cc(CN)cc(N2CCSC(CC)C2)n1. The second kappa shape index (κ2) is 6.43. The van der Waals surface area contributed by atoms with Gasteiger partial charge in [-0.05, 0) is 30.5 Å². The third kappa shape index (κ3) is 3.18. The maximum Gasteiger partial charge on any atom is 0.129 e. The van der Waals surface area contributed by atoms with Crippen LogP contribution in [0.15, 0.2) is 12.1 Å². The predicted octanol–water partition coefficient (Wildman–Crippen LogP) is 2.43. The van der Waals surface area contributed by atoms with E-state index in [2.05, 4.69) is 42.6 Å². The van der Waals surface area contributed by atoms with Gasteiger partial charge in [0.05, 0.1) is 0 Å². The Morgan fingerprint density at radius 3 is 2.94 bits per heavy atom. The van der Waals surface area contributed by atoms with E-state index < -0.39 is 0 Å². The zero-order valence-electron chi connectivity index (χ0n) is 11.4. The summed E-state index contributed by atoms with van der Waals surface area (Å²) in [5.74, 6) is 2.32. The number of rotatable bonds is 4. The summed E-state index contributed by atoms with van der Waals surface area (Å²) in [5.41, 5.74) is 8.12. The molecule has 0 spiro atoms. The van der Waals surface area contributed by atoms with Crippen LogP contribution in [-0.4, -0.2) is 29.1 Å². The summed E-state index contributed by atoms with van der Waals surface area (Å²) < 4.78 is 0. The van der Waals surface area contributed by atoms with Gasteiger partial charge >= 0.3 is 0 Å². The second-order valence-corrected chi connectivity index (χ2v) is 6.14. The van der Waals surface area contributed by atoms with E-state index in [0.29, 0.717) is 6.54 Å². The van der Waals surface area contributed by atoms with Crippen molar-refractivity contribution in [2.75, 3.05) is 23.7 Å². The molecule has 2 N–H and O–H groups in total. The van der Waals surface area contributed by atoms with E-state index in [4.69, 9.17) is 10.7 Å². The van der Waals surface area contributed by atoms with Crippen molar-refractivity contribution in [3.8, 4) is 0 Å². The van der Waals surface area contributed by atoms with Gasteiger partial charge in [0.1, 0.15) is 5.82 Å². The number of anilines is 1. The molecular weight excluding hydrogens is 242 g/mol. The molecule has 1 aliphatic rings. The number of aromatic nitrogens is 1. The van der Waals surface area contributed by atoms with Crippen molar-refractivity contribution in [2.45, 2.75) is 38.5 Å². The summed E-state index contributed by atoms with van der Waals surface area (Å²) in [6.45, 7) is 7.23. The molecule has 1 atom stereocenters. The molecule has 18 heavy (non-hydrogen) atoms. The summed E-state index contributed by atoms with van der Waals surface area (Å²) in [4.78, 5) is 7.17. The van der Waals surface area contributed by atoms with Gasteiger partial charge in [-0.15, -0.1) is 0 Å². The topological polar surface area (TPSA) is 42.1 Å². The van der Waals surface area contributed by atoms with E-state index in [1.165, 1.54) is 17.7 Å². The minimum absolute atomic E-state index is 0.600. The molecule has 3 nitrogen and oxygen atoms in total. The van der Waals surface area contributed by atoms with Gasteiger partial charge < -0.3 is 10.6 Å². The second-order valence-electron chi connectivity index (χ2n) is 4.73. The molecule has 0 bridgehead atoms. The molecule has 1 unspecified atom stereocenters. The van der Waals surface area contributed by atoms with Crippen molar-refractivity contribution in [2.24, 2.45) is 5.73 Å². The van der Waals surface area contributed by atoms with Gasteiger partial charge in [-0.2, -0.15) is 11.8 Å². The molecule has 0 saturated carbocycles. The van der Waals surface area contributed by atoms with Crippen molar-refractivity contribution in [1.82, 2.24) is 4.98 Å². The quantitative estimate of drug-likeness (QED) is 0.908. The molecule has 1 fully saturated rings. The summed E-state index contributed by atoms with van der Waals surface area (Å²) in [6.07, 6.45) is 2.21. The highest BCUT2D eigenvalue weighted by atomic mass is 32.2. The van der Waals surface area contributed by atoms with Gasteiger partial charge in [-0.25, -0.2) is 4.98 Å². The number of aryl methyl sites for hydroxylation is 1. The Kier molecular flexibility index (Phi) is 4.89. The van der Waals surface area contributed by atoms with Crippen LogP contribution in [0.25, 0.3) is 0 Å². The first-order valence-corrected chi connectivity index (χ1v) is 7.88. The Labute approximate surface area is 114 Å². The Bertz CT molecular complexity index is 372. The normalized spacial score (nSPS) is 20.2. The number of nitrogens with two attached hydrogens (primary N) is 1. The largest absolute Gasteiger partial charge is 0.355 e. The molecule has 1 saturated heterocycles. The van der Waals surface area contributed by atoms with Crippen molar-refractivity contribution >= 4 is 17.6 Å². The standard InChI is InChI=1S/C14H23N3S/c1-3-12-7-11(9-15)8-14(16-12)17-5-6-18-13(4-2)10-17/h7-8,13H,3-6,9-10,15H2,1-2H3. The maximum absolute atomic E-state index is 5.77. The molecule has 1 aromatic heterocycles. The highest BCUT2D eigenvalue weighted by molar-refractivity contribution is 8.00. The molecule has 100 valence electrons. The lowest BCUT2D eigenvalue weighted by Crippen LogP contribution is -2.38.